The highest BCUT2D eigenvalue weighted by atomic mass is 35.5. The van der Waals surface area contributed by atoms with Crippen LogP contribution in [-0.4, -0.2) is 4.92 Å². The molecule has 2 aromatic rings. The van der Waals surface area contributed by atoms with Crippen molar-refractivity contribution in [3.8, 4) is 0 Å². The fourth-order valence-corrected chi connectivity index (χ4v) is 2.66. The number of alkyl halides is 2. The van der Waals surface area contributed by atoms with Gasteiger partial charge in [-0.15, -0.1) is 23.2 Å². The van der Waals surface area contributed by atoms with Gasteiger partial charge in [0.2, 0.25) is 0 Å². The minimum absolute atomic E-state index is 0.0584. The average Bonchev–Trinajstić information content (AvgIpc) is 2.48. The van der Waals surface area contributed by atoms with E-state index >= 15 is 0 Å². The second-order valence-electron chi connectivity index (χ2n) is 4.43. The van der Waals surface area contributed by atoms with Gasteiger partial charge < -0.3 is 0 Å². The molecule has 0 aliphatic carbocycles. The van der Waals surface area contributed by atoms with Gasteiger partial charge in [0.1, 0.15) is 0 Å². The highest BCUT2D eigenvalue weighted by molar-refractivity contribution is 6.23. The highest BCUT2D eigenvalue weighted by Crippen LogP contribution is 2.35. The van der Waals surface area contributed by atoms with Crippen LogP contribution in [0.25, 0.3) is 0 Å². The van der Waals surface area contributed by atoms with Crippen LogP contribution in [0.4, 0.5) is 5.69 Å². The second kappa shape index (κ2) is 6.73. The summed E-state index contributed by atoms with van der Waals surface area (Å²) in [6.07, 6.45) is 0.560. The Labute approximate surface area is 127 Å². The van der Waals surface area contributed by atoms with Crippen LogP contribution in [0.3, 0.4) is 0 Å². The first-order chi connectivity index (χ1) is 9.58. The van der Waals surface area contributed by atoms with Crippen LogP contribution in [0.15, 0.2) is 54.6 Å². The number of nitro groups is 1. The van der Waals surface area contributed by atoms with E-state index in [1.165, 1.54) is 12.1 Å². The van der Waals surface area contributed by atoms with Gasteiger partial charge in [0.25, 0.3) is 5.69 Å². The molecule has 3 nitrogen and oxygen atoms in total. The van der Waals surface area contributed by atoms with E-state index in [4.69, 9.17) is 23.2 Å². The molecule has 0 bridgehead atoms. The lowest BCUT2D eigenvalue weighted by Crippen LogP contribution is -1.98. The molecule has 104 valence electrons. The number of rotatable bonds is 5. The lowest BCUT2D eigenvalue weighted by molar-refractivity contribution is -0.384. The summed E-state index contributed by atoms with van der Waals surface area (Å²) in [5, 5.41) is 10.1. The van der Waals surface area contributed by atoms with Crippen molar-refractivity contribution in [1.29, 1.82) is 0 Å². The molecule has 0 heterocycles. The first-order valence-electron chi connectivity index (χ1n) is 6.15. The third-order valence-electron chi connectivity index (χ3n) is 3.04. The molecule has 0 amide bonds. The summed E-state index contributed by atoms with van der Waals surface area (Å²) in [7, 11) is 0. The third kappa shape index (κ3) is 3.71. The number of halogens is 2. The number of nitrogens with zero attached hydrogens (tertiary/aromatic N) is 1. The SMILES string of the molecule is O=[N+]([O-])c1ccc(C(Cl)CC(Cl)c2ccccc2)cc1. The molecule has 5 heteroatoms. The zero-order valence-corrected chi connectivity index (χ0v) is 12.1. The van der Waals surface area contributed by atoms with E-state index < -0.39 is 4.92 Å². The normalized spacial score (nSPS) is 13.7. The van der Waals surface area contributed by atoms with Crippen molar-refractivity contribution in [3.63, 3.8) is 0 Å². The molecule has 0 saturated carbocycles. The Morgan fingerprint density at radius 1 is 0.900 bits per heavy atom. The van der Waals surface area contributed by atoms with Crippen molar-refractivity contribution in [2.45, 2.75) is 17.2 Å². The van der Waals surface area contributed by atoms with Crippen LogP contribution in [-0.2, 0) is 0 Å². The molecular formula is C15H13Cl2NO2. The largest absolute Gasteiger partial charge is 0.269 e. The zero-order valence-electron chi connectivity index (χ0n) is 10.6. The smallest absolute Gasteiger partial charge is 0.258 e. The van der Waals surface area contributed by atoms with Crippen LogP contribution in [0, 0.1) is 10.1 Å². The third-order valence-corrected chi connectivity index (χ3v) is 3.90. The van der Waals surface area contributed by atoms with Crippen molar-refractivity contribution < 1.29 is 4.92 Å². The molecule has 20 heavy (non-hydrogen) atoms. The van der Waals surface area contributed by atoms with Gasteiger partial charge in [-0.3, -0.25) is 10.1 Å². The minimum atomic E-state index is -0.429. The number of benzene rings is 2. The number of nitro benzene ring substituents is 1. The van der Waals surface area contributed by atoms with E-state index in [-0.39, 0.29) is 16.4 Å². The van der Waals surface area contributed by atoms with E-state index in [0.717, 1.165) is 11.1 Å². The molecule has 0 saturated heterocycles. The molecule has 0 radical (unpaired) electrons. The van der Waals surface area contributed by atoms with Crippen LogP contribution in [0.1, 0.15) is 28.3 Å². The molecule has 2 unspecified atom stereocenters. The van der Waals surface area contributed by atoms with Gasteiger partial charge in [0.05, 0.1) is 15.7 Å². The monoisotopic (exact) mass is 309 g/mol. The topological polar surface area (TPSA) is 43.1 Å². The molecular weight excluding hydrogens is 297 g/mol. The fourth-order valence-electron chi connectivity index (χ4n) is 1.92. The molecule has 0 aliphatic rings. The van der Waals surface area contributed by atoms with Crippen LogP contribution >= 0.6 is 23.2 Å². The Hall–Kier alpha value is -1.58. The number of hydrogen-bond donors (Lipinski definition) is 0. The molecule has 0 fully saturated rings. The quantitative estimate of drug-likeness (QED) is 0.430. The summed E-state index contributed by atoms with van der Waals surface area (Å²) in [5.41, 5.74) is 1.91. The number of hydrogen-bond acceptors (Lipinski definition) is 2. The predicted molar refractivity (Wildman–Crippen MR) is 81.3 cm³/mol. The summed E-state index contributed by atoms with van der Waals surface area (Å²) < 4.78 is 0. The average molecular weight is 310 g/mol. The van der Waals surface area contributed by atoms with E-state index in [9.17, 15) is 10.1 Å². The fraction of sp³-hybridized carbons (Fsp3) is 0.200. The Bertz CT molecular complexity index is 572. The Morgan fingerprint density at radius 2 is 1.40 bits per heavy atom. The van der Waals surface area contributed by atoms with E-state index in [1.807, 2.05) is 30.3 Å². The Morgan fingerprint density at radius 3 is 1.90 bits per heavy atom. The van der Waals surface area contributed by atoms with Crippen LogP contribution in [0.2, 0.25) is 0 Å². The maximum atomic E-state index is 10.6. The van der Waals surface area contributed by atoms with Gasteiger partial charge in [-0.05, 0) is 17.5 Å². The van der Waals surface area contributed by atoms with Crippen molar-refractivity contribution in [2.24, 2.45) is 0 Å². The molecule has 0 aliphatic heterocycles. The van der Waals surface area contributed by atoms with Gasteiger partial charge in [-0.25, -0.2) is 0 Å². The Kier molecular flexibility index (Phi) is 4.99. The summed E-state index contributed by atoms with van der Waals surface area (Å²) in [4.78, 5) is 10.2. The van der Waals surface area contributed by atoms with Crippen molar-refractivity contribution in [3.05, 3.63) is 75.8 Å². The van der Waals surface area contributed by atoms with Crippen molar-refractivity contribution in [2.75, 3.05) is 0 Å². The maximum Gasteiger partial charge on any atom is 0.269 e. The van der Waals surface area contributed by atoms with Crippen LogP contribution < -0.4 is 0 Å². The summed E-state index contributed by atoms with van der Waals surface area (Å²) in [6.45, 7) is 0. The molecule has 2 atom stereocenters. The predicted octanol–water partition coefficient (Wildman–Crippen LogP) is 5.24. The zero-order chi connectivity index (χ0) is 14.5. The number of non-ortho nitro benzene ring substituents is 1. The van der Waals surface area contributed by atoms with Gasteiger partial charge in [-0.2, -0.15) is 0 Å². The molecule has 2 rings (SSSR count). The molecule has 0 N–H and O–H groups in total. The van der Waals surface area contributed by atoms with Gasteiger partial charge >= 0.3 is 0 Å². The van der Waals surface area contributed by atoms with Gasteiger partial charge in [0.15, 0.2) is 0 Å². The standard InChI is InChI=1S/C15H13Cl2NO2/c16-14(11-4-2-1-3-5-11)10-15(17)12-6-8-13(9-7-12)18(19)20/h1-9,14-15H,10H2. The highest BCUT2D eigenvalue weighted by Gasteiger charge is 2.16. The summed E-state index contributed by atoms with van der Waals surface area (Å²) >= 11 is 12.7. The summed E-state index contributed by atoms with van der Waals surface area (Å²) in [5.74, 6) is 0. The lowest BCUT2D eigenvalue weighted by atomic mass is 10.0. The van der Waals surface area contributed by atoms with Crippen LogP contribution in [0.5, 0.6) is 0 Å². The van der Waals surface area contributed by atoms with E-state index in [1.54, 1.807) is 12.1 Å². The van der Waals surface area contributed by atoms with Crippen molar-refractivity contribution >= 4 is 28.9 Å². The van der Waals surface area contributed by atoms with E-state index in [2.05, 4.69) is 0 Å². The lowest BCUT2D eigenvalue weighted by Gasteiger charge is -2.14. The first-order valence-corrected chi connectivity index (χ1v) is 7.02. The minimum Gasteiger partial charge on any atom is -0.258 e. The molecule has 2 aromatic carbocycles. The van der Waals surface area contributed by atoms with Gasteiger partial charge in [0, 0.05) is 12.1 Å². The maximum absolute atomic E-state index is 10.6. The summed E-state index contributed by atoms with van der Waals surface area (Å²) in [6, 6.07) is 16.0. The van der Waals surface area contributed by atoms with E-state index in [0.29, 0.717) is 6.42 Å². The second-order valence-corrected chi connectivity index (χ2v) is 5.48. The molecule has 0 aromatic heterocycles. The van der Waals surface area contributed by atoms with Gasteiger partial charge in [-0.1, -0.05) is 42.5 Å². The first kappa shape index (κ1) is 14.8. The Balaban J connectivity index is 2.04. The molecule has 0 spiro atoms. The van der Waals surface area contributed by atoms with Crippen molar-refractivity contribution in [1.82, 2.24) is 0 Å².